The number of Topliss-reactive ketones (excluding diaryl/α,β-unsaturated/α-hetero) is 1. The Morgan fingerprint density at radius 1 is 1.29 bits per heavy atom. The Hall–Kier alpha value is -0.570. The number of nitrogens with one attached hydrogen (secondary N) is 1. The molecule has 0 amide bonds. The maximum absolute atomic E-state index is 11.6. The van der Waals surface area contributed by atoms with Gasteiger partial charge in [0.1, 0.15) is 5.78 Å². The normalized spacial score (nSPS) is 10.9. The number of rotatable bonds is 6. The zero-order valence-electron chi connectivity index (χ0n) is 10.1. The van der Waals surface area contributed by atoms with Gasteiger partial charge in [-0.25, -0.2) is 0 Å². The van der Waals surface area contributed by atoms with E-state index in [9.17, 15) is 4.79 Å². The molecular weight excluding hydrogens is 257 g/mol. The largest absolute Gasteiger partial charge is 0.308 e. The summed E-state index contributed by atoms with van der Waals surface area (Å²) in [6, 6.07) is 5.81. The van der Waals surface area contributed by atoms with Gasteiger partial charge in [-0.2, -0.15) is 0 Å². The highest BCUT2D eigenvalue weighted by Gasteiger charge is 2.05. The highest BCUT2D eigenvalue weighted by atomic mass is 35.5. The fourth-order valence-corrected chi connectivity index (χ4v) is 1.71. The van der Waals surface area contributed by atoms with E-state index >= 15 is 0 Å². The number of halogens is 2. The number of aryl methyl sites for hydroxylation is 1. The van der Waals surface area contributed by atoms with Gasteiger partial charge < -0.3 is 5.32 Å². The summed E-state index contributed by atoms with van der Waals surface area (Å²) in [5.74, 6) is 0.213. The van der Waals surface area contributed by atoms with E-state index in [1.54, 1.807) is 6.07 Å². The van der Waals surface area contributed by atoms with Crippen molar-refractivity contribution in [2.75, 3.05) is 6.54 Å². The molecule has 0 saturated heterocycles. The van der Waals surface area contributed by atoms with Crippen molar-refractivity contribution in [2.24, 2.45) is 0 Å². The molecule has 1 aromatic rings. The number of hydrogen-bond acceptors (Lipinski definition) is 2. The van der Waals surface area contributed by atoms with Crippen molar-refractivity contribution < 1.29 is 4.79 Å². The standard InChI is InChI=1S/C13H17Cl2NO/c1-9(2)16-8-11(17)5-3-10-4-6-12(14)13(15)7-10/h4,6-7,9,16H,3,5,8H2,1-2H3. The molecule has 1 rings (SSSR count). The first-order chi connectivity index (χ1) is 7.99. The number of ketones is 1. The van der Waals surface area contributed by atoms with Crippen molar-refractivity contribution in [3.05, 3.63) is 33.8 Å². The highest BCUT2D eigenvalue weighted by Crippen LogP contribution is 2.23. The van der Waals surface area contributed by atoms with Gasteiger partial charge in [-0.1, -0.05) is 43.1 Å². The van der Waals surface area contributed by atoms with Crippen LogP contribution < -0.4 is 5.32 Å². The van der Waals surface area contributed by atoms with Crippen molar-refractivity contribution in [3.63, 3.8) is 0 Å². The van der Waals surface area contributed by atoms with E-state index in [1.807, 2.05) is 26.0 Å². The third-order valence-corrected chi connectivity index (χ3v) is 3.12. The summed E-state index contributed by atoms with van der Waals surface area (Å²) < 4.78 is 0. The van der Waals surface area contributed by atoms with Crippen molar-refractivity contribution in [3.8, 4) is 0 Å². The van der Waals surface area contributed by atoms with E-state index in [0.717, 1.165) is 5.56 Å². The molecule has 4 heteroatoms. The van der Waals surface area contributed by atoms with Gasteiger partial charge in [-0.15, -0.1) is 0 Å². The van der Waals surface area contributed by atoms with E-state index < -0.39 is 0 Å². The summed E-state index contributed by atoms with van der Waals surface area (Å²) in [5.41, 5.74) is 1.04. The maximum Gasteiger partial charge on any atom is 0.146 e. The van der Waals surface area contributed by atoms with Crippen LogP contribution in [0, 0.1) is 0 Å². The molecule has 0 bridgehead atoms. The smallest absolute Gasteiger partial charge is 0.146 e. The summed E-state index contributed by atoms with van der Waals surface area (Å²) in [7, 11) is 0. The van der Waals surface area contributed by atoms with E-state index in [0.29, 0.717) is 35.5 Å². The Morgan fingerprint density at radius 3 is 2.59 bits per heavy atom. The quantitative estimate of drug-likeness (QED) is 0.860. The molecule has 1 N–H and O–H groups in total. The summed E-state index contributed by atoms with van der Waals surface area (Å²) in [6.45, 7) is 4.47. The Balaban J connectivity index is 2.39. The Kier molecular flexibility index (Phi) is 5.96. The predicted molar refractivity (Wildman–Crippen MR) is 72.9 cm³/mol. The molecule has 0 atom stereocenters. The molecule has 0 saturated carbocycles. The third kappa shape index (κ3) is 5.53. The number of carbonyl (C=O) groups excluding carboxylic acids is 1. The second-order valence-corrected chi connectivity index (χ2v) is 5.14. The van der Waals surface area contributed by atoms with Gasteiger partial charge >= 0.3 is 0 Å². The predicted octanol–water partition coefficient (Wildman–Crippen LogP) is 3.49. The van der Waals surface area contributed by atoms with Crippen molar-refractivity contribution in [2.45, 2.75) is 32.7 Å². The highest BCUT2D eigenvalue weighted by molar-refractivity contribution is 6.42. The van der Waals surface area contributed by atoms with Crippen LogP contribution >= 0.6 is 23.2 Å². The number of benzene rings is 1. The molecule has 0 fully saturated rings. The van der Waals surface area contributed by atoms with Gasteiger partial charge in [0.25, 0.3) is 0 Å². The van der Waals surface area contributed by atoms with Gasteiger partial charge in [-0.05, 0) is 24.1 Å². The van der Waals surface area contributed by atoms with Crippen LogP contribution in [0.25, 0.3) is 0 Å². The molecule has 0 aliphatic rings. The van der Waals surface area contributed by atoms with Crippen LogP contribution in [0.3, 0.4) is 0 Å². The molecule has 0 spiro atoms. The van der Waals surface area contributed by atoms with Crippen LogP contribution in [0.4, 0.5) is 0 Å². The molecule has 0 aromatic heterocycles. The molecule has 17 heavy (non-hydrogen) atoms. The number of carbonyl (C=O) groups is 1. The molecule has 0 unspecified atom stereocenters. The minimum absolute atomic E-state index is 0.213. The van der Waals surface area contributed by atoms with Crippen molar-refractivity contribution in [1.82, 2.24) is 5.32 Å². The first-order valence-electron chi connectivity index (χ1n) is 5.68. The van der Waals surface area contributed by atoms with Crippen LogP contribution in [0.5, 0.6) is 0 Å². The van der Waals surface area contributed by atoms with Crippen LogP contribution in [-0.4, -0.2) is 18.4 Å². The monoisotopic (exact) mass is 273 g/mol. The second-order valence-electron chi connectivity index (χ2n) is 4.32. The molecule has 0 aliphatic carbocycles. The van der Waals surface area contributed by atoms with Gasteiger partial charge in [-0.3, -0.25) is 4.79 Å². The molecule has 0 aliphatic heterocycles. The fraction of sp³-hybridized carbons (Fsp3) is 0.462. The topological polar surface area (TPSA) is 29.1 Å². The van der Waals surface area contributed by atoms with E-state index in [2.05, 4.69) is 5.32 Å². The summed E-state index contributed by atoms with van der Waals surface area (Å²) in [5, 5.41) is 4.19. The lowest BCUT2D eigenvalue weighted by molar-refractivity contribution is -0.118. The SMILES string of the molecule is CC(C)NCC(=O)CCc1ccc(Cl)c(Cl)c1. The molecule has 94 valence electrons. The lowest BCUT2D eigenvalue weighted by Gasteiger charge is -2.07. The first-order valence-corrected chi connectivity index (χ1v) is 6.43. The van der Waals surface area contributed by atoms with Crippen LogP contribution in [0.15, 0.2) is 18.2 Å². The molecule has 1 aromatic carbocycles. The van der Waals surface area contributed by atoms with E-state index in [4.69, 9.17) is 23.2 Å². The molecule has 0 heterocycles. The van der Waals surface area contributed by atoms with Gasteiger partial charge in [0, 0.05) is 12.5 Å². The van der Waals surface area contributed by atoms with Gasteiger partial charge in [0.15, 0.2) is 0 Å². The minimum Gasteiger partial charge on any atom is -0.308 e. The molecule has 0 radical (unpaired) electrons. The minimum atomic E-state index is 0.213. The van der Waals surface area contributed by atoms with E-state index in [1.165, 1.54) is 0 Å². The average molecular weight is 274 g/mol. The zero-order valence-corrected chi connectivity index (χ0v) is 11.6. The Morgan fingerprint density at radius 2 is 2.00 bits per heavy atom. The van der Waals surface area contributed by atoms with E-state index in [-0.39, 0.29) is 5.78 Å². The van der Waals surface area contributed by atoms with Crippen molar-refractivity contribution in [1.29, 1.82) is 0 Å². The maximum atomic E-state index is 11.6. The van der Waals surface area contributed by atoms with Gasteiger partial charge in [0.05, 0.1) is 16.6 Å². The van der Waals surface area contributed by atoms with Crippen molar-refractivity contribution >= 4 is 29.0 Å². The summed E-state index contributed by atoms with van der Waals surface area (Å²) in [6.07, 6.45) is 1.23. The second kappa shape index (κ2) is 7.00. The average Bonchev–Trinajstić information content (AvgIpc) is 2.28. The molecule has 2 nitrogen and oxygen atoms in total. The van der Waals surface area contributed by atoms with Crippen LogP contribution in [-0.2, 0) is 11.2 Å². The Labute approximate surface area is 112 Å². The third-order valence-electron chi connectivity index (χ3n) is 2.38. The zero-order chi connectivity index (χ0) is 12.8. The fourth-order valence-electron chi connectivity index (χ4n) is 1.39. The molecular formula is C13H17Cl2NO. The first kappa shape index (κ1) is 14.5. The van der Waals surface area contributed by atoms with Crippen LogP contribution in [0.2, 0.25) is 10.0 Å². The number of hydrogen-bond donors (Lipinski definition) is 1. The Bertz CT molecular complexity index is 391. The van der Waals surface area contributed by atoms with Gasteiger partial charge in [0.2, 0.25) is 0 Å². The lowest BCUT2D eigenvalue weighted by Crippen LogP contribution is -2.29. The summed E-state index contributed by atoms with van der Waals surface area (Å²) >= 11 is 11.7. The summed E-state index contributed by atoms with van der Waals surface area (Å²) in [4.78, 5) is 11.6. The van der Waals surface area contributed by atoms with Crippen LogP contribution in [0.1, 0.15) is 25.8 Å². The lowest BCUT2D eigenvalue weighted by atomic mass is 10.1.